The Balaban J connectivity index is 1.55. The van der Waals surface area contributed by atoms with Crippen molar-refractivity contribution in [2.75, 3.05) is 25.1 Å². The standard InChI is InChI=1S/C10H15N3O3S/c14-13(15)9-6-12-10(17-9)11-4-1-5-16-7-8-2-3-8/h6,8H,1-5,7H2,(H,11,12). The minimum atomic E-state index is -0.429. The van der Waals surface area contributed by atoms with Crippen molar-refractivity contribution in [3.05, 3.63) is 16.3 Å². The van der Waals surface area contributed by atoms with Crippen LogP contribution in [-0.4, -0.2) is 29.7 Å². The minimum Gasteiger partial charge on any atom is -0.381 e. The number of aromatic nitrogens is 1. The van der Waals surface area contributed by atoms with Crippen LogP contribution < -0.4 is 5.32 Å². The molecule has 1 aromatic heterocycles. The summed E-state index contributed by atoms with van der Waals surface area (Å²) in [7, 11) is 0. The number of thiazole rings is 1. The van der Waals surface area contributed by atoms with Gasteiger partial charge in [-0.05, 0) is 36.5 Å². The molecule has 0 spiro atoms. The fourth-order valence-corrected chi connectivity index (χ4v) is 1.99. The number of nitrogens with one attached hydrogen (secondary N) is 1. The summed E-state index contributed by atoms with van der Waals surface area (Å²) < 4.78 is 5.47. The predicted octanol–water partition coefficient (Wildman–Crippen LogP) is 2.28. The highest BCUT2D eigenvalue weighted by atomic mass is 32.1. The van der Waals surface area contributed by atoms with E-state index < -0.39 is 4.92 Å². The molecule has 0 aromatic carbocycles. The zero-order chi connectivity index (χ0) is 12.1. The number of anilines is 1. The van der Waals surface area contributed by atoms with E-state index in [4.69, 9.17) is 4.74 Å². The Labute approximate surface area is 103 Å². The molecule has 1 aliphatic carbocycles. The molecule has 0 atom stereocenters. The summed E-state index contributed by atoms with van der Waals surface area (Å²) in [6.07, 6.45) is 4.78. The Morgan fingerprint density at radius 3 is 3.12 bits per heavy atom. The molecule has 94 valence electrons. The first-order valence-electron chi connectivity index (χ1n) is 5.67. The molecule has 1 aromatic rings. The molecule has 1 heterocycles. The molecule has 1 fully saturated rings. The van der Waals surface area contributed by atoms with Crippen LogP contribution in [0.1, 0.15) is 19.3 Å². The zero-order valence-corrected chi connectivity index (χ0v) is 10.2. The molecule has 1 saturated carbocycles. The molecule has 17 heavy (non-hydrogen) atoms. The summed E-state index contributed by atoms with van der Waals surface area (Å²) in [6.45, 7) is 2.34. The highest BCUT2D eigenvalue weighted by Crippen LogP contribution is 2.28. The fraction of sp³-hybridized carbons (Fsp3) is 0.700. The lowest BCUT2D eigenvalue weighted by Crippen LogP contribution is -2.06. The van der Waals surface area contributed by atoms with Crippen LogP contribution in [0.3, 0.4) is 0 Å². The Morgan fingerprint density at radius 2 is 2.47 bits per heavy atom. The smallest absolute Gasteiger partial charge is 0.345 e. The normalized spacial score (nSPS) is 14.8. The van der Waals surface area contributed by atoms with E-state index in [1.165, 1.54) is 19.0 Å². The van der Waals surface area contributed by atoms with Gasteiger partial charge in [-0.1, -0.05) is 0 Å². The van der Waals surface area contributed by atoms with E-state index in [0.717, 1.165) is 43.4 Å². The molecule has 1 N–H and O–H groups in total. The zero-order valence-electron chi connectivity index (χ0n) is 9.42. The molecule has 0 amide bonds. The summed E-state index contributed by atoms with van der Waals surface area (Å²) in [5, 5.41) is 14.1. The Kier molecular flexibility index (Phi) is 4.27. The van der Waals surface area contributed by atoms with Gasteiger partial charge in [0.05, 0.1) is 4.92 Å². The summed E-state index contributed by atoms with van der Waals surface area (Å²) >= 11 is 1.06. The average molecular weight is 257 g/mol. The van der Waals surface area contributed by atoms with Gasteiger partial charge in [0.15, 0.2) is 5.13 Å². The van der Waals surface area contributed by atoms with Gasteiger partial charge < -0.3 is 10.1 Å². The van der Waals surface area contributed by atoms with Gasteiger partial charge in [-0.25, -0.2) is 4.98 Å². The molecule has 0 saturated heterocycles. The molecule has 0 bridgehead atoms. The lowest BCUT2D eigenvalue weighted by atomic mass is 10.4. The van der Waals surface area contributed by atoms with E-state index in [2.05, 4.69) is 10.3 Å². The van der Waals surface area contributed by atoms with Gasteiger partial charge >= 0.3 is 5.00 Å². The first-order valence-corrected chi connectivity index (χ1v) is 6.49. The molecular weight excluding hydrogens is 242 g/mol. The number of hydrogen-bond acceptors (Lipinski definition) is 6. The van der Waals surface area contributed by atoms with Gasteiger partial charge in [-0.3, -0.25) is 10.1 Å². The largest absolute Gasteiger partial charge is 0.381 e. The first-order chi connectivity index (χ1) is 8.25. The van der Waals surface area contributed by atoms with Crippen LogP contribution in [0.2, 0.25) is 0 Å². The predicted molar refractivity (Wildman–Crippen MR) is 65.4 cm³/mol. The monoisotopic (exact) mass is 257 g/mol. The average Bonchev–Trinajstić information content (AvgIpc) is 3.00. The van der Waals surface area contributed by atoms with Crippen LogP contribution in [0, 0.1) is 16.0 Å². The van der Waals surface area contributed by atoms with Gasteiger partial charge in [0, 0.05) is 19.8 Å². The second kappa shape index (κ2) is 5.92. The van der Waals surface area contributed by atoms with E-state index in [1.54, 1.807) is 0 Å². The SMILES string of the molecule is O=[N+]([O-])c1cnc(NCCCOCC2CC2)s1. The highest BCUT2D eigenvalue weighted by Gasteiger charge is 2.20. The summed E-state index contributed by atoms with van der Waals surface area (Å²) in [5.74, 6) is 0.796. The number of nitrogens with zero attached hydrogens (tertiary/aromatic N) is 2. The van der Waals surface area contributed by atoms with Crippen molar-refractivity contribution in [1.29, 1.82) is 0 Å². The van der Waals surface area contributed by atoms with Crippen LogP contribution in [0.4, 0.5) is 10.1 Å². The number of ether oxygens (including phenoxy) is 1. The summed E-state index contributed by atoms with van der Waals surface area (Å²) in [5.41, 5.74) is 0. The topological polar surface area (TPSA) is 77.3 Å². The van der Waals surface area contributed by atoms with Crippen molar-refractivity contribution in [2.45, 2.75) is 19.3 Å². The van der Waals surface area contributed by atoms with Crippen LogP contribution in [0.15, 0.2) is 6.20 Å². The van der Waals surface area contributed by atoms with Crippen LogP contribution in [0.5, 0.6) is 0 Å². The molecule has 0 aliphatic heterocycles. The van der Waals surface area contributed by atoms with Crippen molar-refractivity contribution in [2.24, 2.45) is 5.92 Å². The third kappa shape index (κ3) is 4.27. The third-order valence-corrected chi connectivity index (χ3v) is 3.37. The first kappa shape index (κ1) is 12.3. The van der Waals surface area contributed by atoms with Crippen molar-refractivity contribution in [3.63, 3.8) is 0 Å². The van der Waals surface area contributed by atoms with Gasteiger partial charge in [0.2, 0.25) is 0 Å². The van der Waals surface area contributed by atoms with Gasteiger partial charge in [0.1, 0.15) is 6.20 Å². The van der Waals surface area contributed by atoms with Gasteiger partial charge in [0.25, 0.3) is 0 Å². The summed E-state index contributed by atoms with van der Waals surface area (Å²) in [6, 6.07) is 0. The molecule has 7 heteroatoms. The maximum atomic E-state index is 10.4. The van der Waals surface area contributed by atoms with Crippen LogP contribution in [-0.2, 0) is 4.74 Å². The van der Waals surface area contributed by atoms with Crippen molar-refractivity contribution < 1.29 is 9.66 Å². The van der Waals surface area contributed by atoms with E-state index >= 15 is 0 Å². The molecule has 0 radical (unpaired) electrons. The lowest BCUT2D eigenvalue weighted by molar-refractivity contribution is -0.380. The molecule has 1 aliphatic rings. The van der Waals surface area contributed by atoms with Crippen molar-refractivity contribution in [1.82, 2.24) is 4.98 Å². The quantitative estimate of drug-likeness (QED) is 0.439. The number of rotatable bonds is 8. The molecule has 6 nitrogen and oxygen atoms in total. The van der Waals surface area contributed by atoms with Crippen molar-refractivity contribution in [3.8, 4) is 0 Å². The second-order valence-electron chi connectivity index (χ2n) is 4.06. The lowest BCUT2D eigenvalue weighted by Gasteiger charge is -2.03. The Bertz CT molecular complexity index is 379. The van der Waals surface area contributed by atoms with Crippen LogP contribution in [0.25, 0.3) is 0 Å². The van der Waals surface area contributed by atoms with E-state index in [0.29, 0.717) is 5.13 Å². The highest BCUT2D eigenvalue weighted by molar-refractivity contribution is 7.18. The maximum Gasteiger partial charge on any atom is 0.345 e. The third-order valence-electron chi connectivity index (χ3n) is 2.47. The fourth-order valence-electron chi connectivity index (χ4n) is 1.34. The molecule has 0 unspecified atom stereocenters. The molecular formula is C10H15N3O3S. The second-order valence-corrected chi connectivity index (χ2v) is 5.07. The van der Waals surface area contributed by atoms with Crippen LogP contribution >= 0.6 is 11.3 Å². The number of hydrogen-bond donors (Lipinski definition) is 1. The van der Waals surface area contributed by atoms with E-state index in [9.17, 15) is 10.1 Å². The number of nitro groups is 1. The van der Waals surface area contributed by atoms with E-state index in [1.807, 2.05) is 0 Å². The Hall–Kier alpha value is -1.21. The van der Waals surface area contributed by atoms with E-state index in [-0.39, 0.29) is 5.00 Å². The maximum absolute atomic E-state index is 10.4. The summed E-state index contributed by atoms with van der Waals surface area (Å²) in [4.78, 5) is 13.9. The van der Waals surface area contributed by atoms with Gasteiger partial charge in [-0.15, -0.1) is 0 Å². The van der Waals surface area contributed by atoms with Gasteiger partial charge in [-0.2, -0.15) is 0 Å². The molecule has 2 rings (SSSR count). The Morgan fingerprint density at radius 1 is 1.65 bits per heavy atom. The van der Waals surface area contributed by atoms with Crippen molar-refractivity contribution >= 4 is 21.5 Å². The minimum absolute atomic E-state index is 0.0671.